The van der Waals surface area contributed by atoms with E-state index < -0.39 is 0 Å². The van der Waals surface area contributed by atoms with Gasteiger partial charge >= 0.3 is 0 Å². The molecule has 0 saturated carbocycles. The van der Waals surface area contributed by atoms with Crippen molar-refractivity contribution in [3.63, 3.8) is 0 Å². The maximum Gasteiger partial charge on any atom is 0.0598 e. The van der Waals surface area contributed by atoms with Gasteiger partial charge in [-0.2, -0.15) is 0 Å². The largest absolute Gasteiger partial charge is 0.305 e. The van der Waals surface area contributed by atoms with Gasteiger partial charge in [0.1, 0.15) is 0 Å². The average Bonchev–Trinajstić information content (AvgIpc) is 2.98. The monoisotopic (exact) mass is 711 g/mol. The fourth-order valence-corrected chi connectivity index (χ4v) is 4.96. The summed E-state index contributed by atoms with van der Waals surface area (Å²) in [5.74, 6) is 0.585. The van der Waals surface area contributed by atoms with Crippen molar-refractivity contribution < 1.29 is 20.1 Å². The van der Waals surface area contributed by atoms with Crippen LogP contribution < -0.4 is 0 Å². The van der Waals surface area contributed by atoms with E-state index in [9.17, 15) is 0 Å². The number of rotatable bonds is 5. The van der Waals surface area contributed by atoms with E-state index in [4.69, 9.17) is 4.98 Å². The molecule has 0 atom stereocenters. The van der Waals surface area contributed by atoms with E-state index in [2.05, 4.69) is 112 Å². The Morgan fingerprint density at radius 1 is 0.707 bits per heavy atom. The Morgan fingerprint density at radius 3 is 2.17 bits per heavy atom. The maximum absolute atomic E-state index is 5.00. The van der Waals surface area contributed by atoms with Gasteiger partial charge in [0.05, 0.1) is 5.52 Å². The van der Waals surface area contributed by atoms with Crippen molar-refractivity contribution >= 4 is 10.9 Å². The molecule has 207 valence electrons. The molecule has 2 aromatic heterocycles. The second kappa shape index (κ2) is 14.1. The minimum Gasteiger partial charge on any atom is -0.305 e. The molecule has 0 aliphatic carbocycles. The fourth-order valence-electron chi connectivity index (χ4n) is 4.96. The van der Waals surface area contributed by atoms with E-state index in [1.807, 2.05) is 42.5 Å². The van der Waals surface area contributed by atoms with Gasteiger partial charge in [-0.05, 0) is 58.6 Å². The molecule has 0 bridgehead atoms. The number of nitrogens with zero attached hydrogens (tertiary/aromatic N) is 2. The quantitative estimate of drug-likeness (QED) is 0.167. The molecule has 0 aliphatic rings. The van der Waals surface area contributed by atoms with Crippen LogP contribution in [0.1, 0.15) is 30.5 Å². The summed E-state index contributed by atoms with van der Waals surface area (Å²) in [4.78, 5) is 9.22. The van der Waals surface area contributed by atoms with Gasteiger partial charge in [0.15, 0.2) is 0 Å². The molecule has 0 fully saturated rings. The first-order chi connectivity index (χ1) is 19.5. The summed E-state index contributed by atoms with van der Waals surface area (Å²) in [6, 6.07) is 44.1. The second-order valence-corrected chi connectivity index (χ2v) is 10.6. The predicted octanol–water partition coefficient (Wildman–Crippen LogP) is 9.73. The molecular formula is C38H34IrN2-2. The minimum atomic E-state index is 0. The second-order valence-electron chi connectivity index (χ2n) is 10.6. The van der Waals surface area contributed by atoms with Gasteiger partial charge in [0, 0.05) is 31.7 Å². The van der Waals surface area contributed by atoms with E-state index in [1.54, 1.807) is 6.20 Å². The third kappa shape index (κ3) is 7.85. The van der Waals surface area contributed by atoms with Gasteiger partial charge in [-0.1, -0.05) is 82.3 Å². The van der Waals surface area contributed by atoms with Crippen molar-refractivity contribution in [2.24, 2.45) is 5.92 Å². The number of hydrogen-bond donors (Lipinski definition) is 0. The molecule has 2 nitrogen and oxygen atoms in total. The average molecular weight is 711 g/mol. The Kier molecular flexibility index (Phi) is 10.4. The smallest absolute Gasteiger partial charge is 0.0598 e. The van der Waals surface area contributed by atoms with Crippen molar-refractivity contribution in [3.05, 3.63) is 144 Å². The van der Waals surface area contributed by atoms with Crippen LogP contribution in [0.2, 0.25) is 0 Å². The first-order valence-corrected chi connectivity index (χ1v) is 13.8. The van der Waals surface area contributed by atoms with Crippen LogP contribution in [0.5, 0.6) is 0 Å². The SMILES string of the molecule is Cc1[c-]c(-c2cc(CC(C)C)c3cc(-c4ccccc4)ccc3n2)cc(C)c1.[Ir].[c-]1ccccc1-c1ccccn1. The van der Waals surface area contributed by atoms with E-state index in [-0.39, 0.29) is 20.1 Å². The maximum atomic E-state index is 5.00. The third-order valence-corrected chi connectivity index (χ3v) is 6.70. The van der Waals surface area contributed by atoms with Crippen molar-refractivity contribution in [1.82, 2.24) is 9.97 Å². The molecule has 0 unspecified atom stereocenters. The molecule has 0 amide bonds. The molecule has 1 radical (unpaired) electrons. The van der Waals surface area contributed by atoms with Crippen molar-refractivity contribution in [2.45, 2.75) is 34.1 Å². The summed E-state index contributed by atoms with van der Waals surface area (Å²) >= 11 is 0. The van der Waals surface area contributed by atoms with Crippen LogP contribution in [0, 0.1) is 31.9 Å². The van der Waals surface area contributed by atoms with Crippen LogP contribution in [0.4, 0.5) is 0 Å². The number of fused-ring (bicyclic) bond motifs is 1. The molecule has 3 heteroatoms. The van der Waals surface area contributed by atoms with Crippen LogP contribution in [-0.4, -0.2) is 9.97 Å². The molecule has 0 spiro atoms. The topological polar surface area (TPSA) is 25.8 Å². The fraction of sp³-hybridized carbons (Fsp3) is 0.158. The van der Waals surface area contributed by atoms with Crippen LogP contribution in [0.15, 0.2) is 115 Å². The minimum absolute atomic E-state index is 0. The van der Waals surface area contributed by atoms with E-state index >= 15 is 0 Å². The molecule has 0 N–H and O–H groups in total. The molecule has 6 rings (SSSR count). The third-order valence-electron chi connectivity index (χ3n) is 6.70. The summed E-state index contributed by atoms with van der Waals surface area (Å²) in [5, 5.41) is 1.25. The van der Waals surface area contributed by atoms with Gasteiger partial charge in [0.2, 0.25) is 0 Å². The molecule has 0 saturated heterocycles. The van der Waals surface area contributed by atoms with Crippen molar-refractivity contribution in [2.75, 3.05) is 0 Å². The summed E-state index contributed by atoms with van der Waals surface area (Å²) in [7, 11) is 0. The number of hydrogen-bond acceptors (Lipinski definition) is 2. The number of aromatic nitrogens is 2. The summed E-state index contributed by atoms with van der Waals surface area (Å²) in [6.45, 7) is 8.77. The predicted molar refractivity (Wildman–Crippen MR) is 168 cm³/mol. The van der Waals surface area contributed by atoms with Crippen LogP contribution in [0.25, 0.3) is 44.5 Å². The summed E-state index contributed by atoms with van der Waals surface area (Å²) in [5.41, 5.74) is 11.4. The van der Waals surface area contributed by atoms with E-state index in [0.717, 1.165) is 40.0 Å². The Bertz CT molecular complexity index is 1640. The van der Waals surface area contributed by atoms with Gasteiger partial charge in [0.25, 0.3) is 0 Å². The van der Waals surface area contributed by atoms with Gasteiger partial charge in [-0.3, -0.25) is 4.98 Å². The van der Waals surface area contributed by atoms with Crippen LogP contribution >= 0.6 is 0 Å². The Hall–Kier alpha value is -3.91. The molecule has 4 aromatic carbocycles. The Balaban J connectivity index is 0.000000249. The van der Waals surface area contributed by atoms with Crippen LogP contribution in [0.3, 0.4) is 0 Å². The van der Waals surface area contributed by atoms with Crippen molar-refractivity contribution in [1.29, 1.82) is 0 Å². The summed E-state index contributed by atoms with van der Waals surface area (Å²) < 4.78 is 0. The van der Waals surface area contributed by atoms with Gasteiger partial charge < -0.3 is 4.98 Å². The van der Waals surface area contributed by atoms with Crippen molar-refractivity contribution in [3.8, 4) is 33.6 Å². The standard InChI is InChI=1S/C27H26N.C11H8N.Ir/c1-18(2)12-23-17-27(24-14-19(3)13-20(4)15-24)28-26-11-10-22(16-25(23)26)21-8-6-5-7-9-21;1-2-6-10(7-3-1)11-8-4-5-9-12-11;/h5-11,13-14,16-18H,12H2,1-4H3;1-6,8-9H;/q2*-1;. The van der Waals surface area contributed by atoms with E-state index in [0.29, 0.717) is 5.92 Å². The molecule has 41 heavy (non-hydrogen) atoms. The summed E-state index contributed by atoms with van der Waals surface area (Å²) in [6.07, 6.45) is 2.82. The van der Waals surface area contributed by atoms with E-state index in [1.165, 1.54) is 27.6 Å². The zero-order chi connectivity index (χ0) is 27.9. The Morgan fingerprint density at radius 2 is 1.49 bits per heavy atom. The van der Waals surface area contributed by atoms with Crippen LogP contribution in [-0.2, 0) is 26.5 Å². The zero-order valence-electron chi connectivity index (χ0n) is 24.0. The molecule has 6 aromatic rings. The number of aryl methyl sites for hydroxylation is 2. The van der Waals surface area contributed by atoms with Gasteiger partial charge in [-0.15, -0.1) is 70.8 Å². The molecule has 2 heterocycles. The number of pyridine rings is 2. The zero-order valence-corrected chi connectivity index (χ0v) is 26.4. The Labute approximate surface area is 257 Å². The first kappa shape index (κ1) is 30.1. The number of benzene rings is 4. The molecule has 0 aliphatic heterocycles. The normalized spacial score (nSPS) is 10.6. The molecular weight excluding hydrogens is 677 g/mol. The first-order valence-electron chi connectivity index (χ1n) is 13.8. The van der Waals surface area contributed by atoms with Gasteiger partial charge in [-0.25, -0.2) is 0 Å².